The molecule has 1 aromatic carbocycles. The lowest BCUT2D eigenvalue weighted by atomic mass is 10.0. The molecule has 1 aromatic heterocycles. The highest BCUT2D eigenvalue weighted by atomic mass is 16.2. The molecule has 23 heavy (non-hydrogen) atoms. The molecule has 120 valence electrons. The van der Waals surface area contributed by atoms with Crippen LogP contribution < -0.4 is 10.9 Å². The van der Waals surface area contributed by atoms with E-state index in [1.165, 1.54) is 12.3 Å². The molecule has 1 amide bonds. The molecule has 5 heteroatoms. The molecule has 0 aliphatic rings. The van der Waals surface area contributed by atoms with Crippen molar-refractivity contribution < 1.29 is 9.59 Å². The molecule has 2 aromatic rings. The number of amides is 1. The first-order chi connectivity index (χ1) is 10.8. The van der Waals surface area contributed by atoms with E-state index in [0.29, 0.717) is 5.56 Å². The van der Waals surface area contributed by atoms with Crippen LogP contribution >= 0.6 is 0 Å². The van der Waals surface area contributed by atoms with Crippen LogP contribution in [-0.4, -0.2) is 21.8 Å². The Morgan fingerprint density at radius 3 is 2.17 bits per heavy atom. The summed E-state index contributed by atoms with van der Waals surface area (Å²) in [6.07, 6.45) is 1.45. The van der Waals surface area contributed by atoms with Gasteiger partial charge in [-0.1, -0.05) is 36.4 Å². The van der Waals surface area contributed by atoms with Gasteiger partial charge in [0.05, 0.1) is 0 Å². The molecule has 5 nitrogen and oxygen atoms in total. The Kier molecular flexibility index (Phi) is 4.79. The number of hydrogen-bond acceptors (Lipinski definition) is 3. The van der Waals surface area contributed by atoms with Gasteiger partial charge in [-0.3, -0.25) is 19.0 Å². The predicted molar refractivity (Wildman–Crippen MR) is 88.4 cm³/mol. The van der Waals surface area contributed by atoms with Crippen LogP contribution in [0.25, 0.3) is 0 Å². The van der Waals surface area contributed by atoms with E-state index in [1.807, 2.05) is 20.8 Å². The van der Waals surface area contributed by atoms with Gasteiger partial charge in [0.1, 0.15) is 0 Å². The van der Waals surface area contributed by atoms with Gasteiger partial charge in [0.25, 0.3) is 11.5 Å². The summed E-state index contributed by atoms with van der Waals surface area (Å²) in [5.41, 5.74) is -0.520. The van der Waals surface area contributed by atoms with Crippen LogP contribution in [0.4, 0.5) is 0 Å². The summed E-state index contributed by atoms with van der Waals surface area (Å²) in [4.78, 5) is 37.5. The van der Waals surface area contributed by atoms with Gasteiger partial charge in [-0.2, -0.15) is 0 Å². The fraction of sp³-hybridized carbons (Fsp3) is 0.278. The molecule has 2 rings (SSSR count). The van der Waals surface area contributed by atoms with Gasteiger partial charge in [-0.25, -0.2) is 0 Å². The first kappa shape index (κ1) is 16.7. The Hall–Kier alpha value is -2.69. The number of nitrogens with one attached hydrogen (secondary N) is 1. The van der Waals surface area contributed by atoms with Crippen LogP contribution in [0.15, 0.2) is 59.5 Å². The smallest absolute Gasteiger partial charge is 0.251 e. The SMILES string of the molecule is CC(C)(C)NC(=O)[C@H](C(=O)c1ccccc1)n1ccccc1=O. The van der Waals surface area contributed by atoms with E-state index in [2.05, 4.69) is 5.32 Å². The number of pyridine rings is 1. The van der Waals surface area contributed by atoms with Gasteiger partial charge in [-0.05, 0) is 26.8 Å². The maximum atomic E-state index is 12.8. The summed E-state index contributed by atoms with van der Waals surface area (Å²) in [7, 11) is 0. The minimum Gasteiger partial charge on any atom is -0.349 e. The van der Waals surface area contributed by atoms with Crippen molar-refractivity contribution in [2.24, 2.45) is 0 Å². The largest absolute Gasteiger partial charge is 0.349 e. The summed E-state index contributed by atoms with van der Waals surface area (Å²) < 4.78 is 1.16. The van der Waals surface area contributed by atoms with Crippen LogP contribution in [0.1, 0.15) is 37.2 Å². The highest BCUT2D eigenvalue weighted by Crippen LogP contribution is 2.15. The van der Waals surface area contributed by atoms with E-state index in [0.717, 1.165) is 4.57 Å². The summed E-state index contributed by atoms with van der Waals surface area (Å²) in [6.45, 7) is 5.47. The highest BCUT2D eigenvalue weighted by Gasteiger charge is 2.31. The second-order valence-electron chi connectivity index (χ2n) is 6.32. The molecule has 0 radical (unpaired) electrons. The number of rotatable bonds is 4. The number of carbonyl (C=O) groups excluding carboxylic acids is 2. The number of Topliss-reactive ketones (excluding diaryl/α,β-unsaturated/α-hetero) is 1. The minimum absolute atomic E-state index is 0.386. The quantitative estimate of drug-likeness (QED) is 0.695. The normalized spacial score (nSPS) is 12.5. The number of aromatic nitrogens is 1. The zero-order chi connectivity index (χ0) is 17.0. The van der Waals surface area contributed by atoms with Crippen molar-refractivity contribution in [1.82, 2.24) is 9.88 Å². The average molecular weight is 312 g/mol. The second kappa shape index (κ2) is 6.60. The van der Waals surface area contributed by atoms with Crippen molar-refractivity contribution in [2.75, 3.05) is 0 Å². The molecule has 0 saturated heterocycles. The van der Waals surface area contributed by atoms with Gasteiger partial charge < -0.3 is 5.32 Å². The van der Waals surface area contributed by atoms with Gasteiger partial charge in [-0.15, -0.1) is 0 Å². The van der Waals surface area contributed by atoms with Gasteiger partial charge >= 0.3 is 0 Å². The van der Waals surface area contributed by atoms with E-state index < -0.39 is 28.8 Å². The monoisotopic (exact) mass is 312 g/mol. The molecule has 0 aliphatic carbocycles. The standard InChI is InChI=1S/C18H20N2O3/c1-18(2,3)19-17(23)15(20-12-8-7-11-14(20)21)16(22)13-9-5-4-6-10-13/h4-12,15H,1-3H3,(H,19,23)/t15-/m0/s1. The van der Waals surface area contributed by atoms with Crippen LogP contribution in [-0.2, 0) is 4.79 Å². The summed E-state index contributed by atoms with van der Waals surface area (Å²) in [6, 6.07) is 11.8. The van der Waals surface area contributed by atoms with Crippen molar-refractivity contribution >= 4 is 11.7 Å². The summed E-state index contributed by atoms with van der Waals surface area (Å²) in [5.74, 6) is -0.916. The predicted octanol–water partition coefficient (Wildman–Crippen LogP) is 2.19. The number of nitrogens with zero attached hydrogens (tertiary/aromatic N) is 1. The molecular weight excluding hydrogens is 292 g/mol. The fourth-order valence-electron chi connectivity index (χ4n) is 2.22. The van der Waals surface area contributed by atoms with Crippen molar-refractivity contribution in [3.8, 4) is 0 Å². The van der Waals surface area contributed by atoms with E-state index in [1.54, 1.807) is 42.5 Å². The molecule has 0 bridgehead atoms. The van der Waals surface area contributed by atoms with Crippen molar-refractivity contribution in [2.45, 2.75) is 32.4 Å². The van der Waals surface area contributed by atoms with Crippen molar-refractivity contribution in [1.29, 1.82) is 0 Å². The van der Waals surface area contributed by atoms with Crippen LogP contribution in [0.2, 0.25) is 0 Å². The number of carbonyl (C=O) groups is 2. The van der Waals surface area contributed by atoms with Gasteiger partial charge in [0, 0.05) is 23.4 Å². The lowest BCUT2D eigenvalue weighted by Gasteiger charge is -2.25. The molecule has 1 heterocycles. The van der Waals surface area contributed by atoms with Gasteiger partial charge in [0.2, 0.25) is 0 Å². The van der Waals surface area contributed by atoms with Crippen molar-refractivity contribution in [3.05, 3.63) is 70.6 Å². The lowest BCUT2D eigenvalue weighted by molar-refractivity contribution is -0.124. The Balaban J connectivity index is 2.48. The number of ketones is 1. The maximum absolute atomic E-state index is 12.8. The van der Waals surface area contributed by atoms with E-state index in [9.17, 15) is 14.4 Å². The zero-order valence-corrected chi connectivity index (χ0v) is 13.4. The Bertz CT molecular complexity index is 758. The first-order valence-corrected chi connectivity index (χ1v) is 7.38. The third-order valence-electron chi connectivity index (χ3n) is 3.18. The molecule has 0 saturated carbocycles. The van der Waals surface area contributed by atoms with E-state index >= 15 is 0 Å². The average Bonchev–Trinajstić information content (AvgIpc) is 2.48. The van der Waals surface area contributed by atoms with Gasteiger partial charge in [0.15, 0.2) is 11.8 Å². The number of benzene rings is 1. The highest BCUT2D eigenvalue weighted by molar-refractivity contribution is 6.11. The third kappa shape index (κ3) is 4.16. The molecule has 0 spiro atoms. The van der Waals surface area contributed by atoms with E-state index in [-0.39, 0.29) is 0 Å². The molecule has 1 atom stereocenters. The molecule has 0 fully saturated rings. The summed E-state index contributed by atoms with van der Waals surface area (Å²) in [5, 5.41) is 2.78. The molecule has 1 N–H and O–H groups in total. The van der Waals surface area contributed by atoms with Crippen molar-refractivity contribution in [3.63, 3.8) is 0 Å². The fourth-order valence-corrected chi connectivity index (χ4v) is 2.22. The molecule has 0 unspecified atom stereocenters. The second-order valence-corrected chi connectivity index (χ2v) is 6.32. The van der Waals surface area contributed by atoms with Crippen LogP contribution in [0.3, 0.4) is 0 Å². The summed E-state index contributed by atoms with van der Waals surface area (Å²) >= 11 is 0. The Morgan fingerprint density at radius 1 is 1.00 bits per heavy atom. The van der Waals surface area contributed by atoms with Crippen LogP contribution in [0, 0.1) is 0 Å². The third-order valence-corrected chi connectivity index (χ3v) is 3.18. The maximum Gasteiger partial charge on any atom is 0.251 e. The lowest BCUT2D eigenvalue weighted by Crippen LogP contribution is -2.48. The number of hydrogen-bond donors (Lipinski definition) is 1. The zero-order valence-electron chi connectivity index (χ0n) is 13.4. The minimum atomic E-state index is -1.23. The molecular formula is C18H20N2O3. The Labute approximate surface area is 135 Å². The molecule has 0 aliphatic heterocycles. The Morgan fingerprint density at radius 2 is 1.61 bits per heavy atom. The first-order valence-electron chi connectivity index (χ1n) is 7.38. The van der Waals surface area contributed by atoms with Crippen LogP contribution in [0.5, 0.6) is 0 Å². The van der Waals surface area contributed by atoms with E-state index in [4.69, 9.17) is 0 Å². The topological polar surface area (TPSA) is 68.2 Å².